The van der Waals surface area contributed by atoms with Gasteiger partial charge in [-0.1, -0.05) is 34.6 Å². The van der Waals surface area contributed by atoms with Gasteiger partial charge < -0.3 is 89.4 Å². The lowest BCUT2D eigenvalue weighted by atomic mass is 9.55. The maximum atomic E-state index is 14.5. The Morgan fingerprint density at radius 3 is 2.12 bits per heavy atom. The highest BCUT2D eigenvalue weighted by Crippen LogP contribution is 2.63. The average molecular weight is 1430 g/mol. The van der Waals surface area contributed by atoms with Crippen LogP contribution >= 0.6 is 19.6 Å². The van der Waals surface area contributed by atoms with Gasteiger partial charge in [0.05, 0.1) is 41.7 Å². The third-order valence-corrected chi connectivity index (χ3v) is 24.2. The molecule has 7 heterocycles. The first-order valence-electron chi connectivity index (χ1n) is 33.8. The summed E-state index contributed by atoms with van der Waals surface area (Å²) >= 11 is 1.33. The lowest BCUT2D eigenvalue weighted by Crippen LogP contribution is -2.56. The van der Waals surface area contributed by atoms with Crippen LogP contribution < -0.4 is 49.1 Å². The minimum Gasteiger partial charge on any atom is -0.862 e. The summed E-state index contributed by atoms with van der Waals surface area (Å²) in [6, 6.07) is 1.57. The zero-order valence-corrected chi connectivity index (χ0v) is 60.5. The molecule has 8 bridgehead atoms. The summed E-state index contributed by atoms with van der Waals surface area (Å²) < 4.78 is 32.4. The van der Waals surface area contributed by atoms with Crippen molar-refractivity contribution in [3.05, 3.63) is 63.9 Å². The molecule has 6 aliphatic rings. The van der Waals surface area contributed by atoms with E-state index in [9.17, 15) is 63.8 Å². The molecule has 6 aliphatic heterocycles. The van der Waals surface area contributed by atoms with Crippen molar-refractivity contribution in [3.63, 3.8) is 0 Å². The molecule has 1 unspecified atom stereocenters. The lowest BCUT2D eigenvalue weighted by molar-refractivity contribution is -0.221. The Hall–Kier alpha value is -7.22. The molecule has 1 aromatic heterocycles. The molecule has 5 amide bonds. The molecule has 16 atom stereocenters. The fourth-order valence-electron chi connectivity index (χ4n) is 16.2. The van der Waals surface area contributed by atoms with Crippen LogP contribution in [-0.4, -0.2) is 167 Å². The van der Waals surface area contributed by atoms with E-state index in [4.69, 9.17) is 62.5 Å². The van der Waals surface area contributed by atoms with Gasteiger partial charge in [0.15, 0.2) is 6.23 Å². The molecule has 0 radical (unpaired) electrons. The Kier molecular flexibility index (Phi) is 24.2. The van der Waals surface area contributed by atoms with Crippen molar-refractivity contribution < 1.29 is 77.5 Å². The van der Waals surface area contributed by atoms with Gasteiger partial charge in [0.25, 0.3) is 0 Å². The predicted octanol–water partition coefficient (Wildman–Crippen LogP) is 3.03. The SMILES string of the molecule is C/C1=C2N=C(/C=C3\N/C(=C(/C)C4=N[C@](C)([C@@H]5N=C1[C@](C)(CCC(=O)NC[C@@H](C)OP(=O)(O)O[C@H]1[C@@H](O)[C@@H](n6cnc7cc(C)c(C)cc76)O[C@H]1CO)[C@H]5CC(N)=O)[C@@](C)(CC(N)=O)[C@@H]4CCC(=O)NCCCSC[C@H](N)C(=O)O)[C@@](C)(CC(N)=O)[C@@H]3CCC(=N)[O-])C(C)(C)[C@@H]/2CCC(=N)[O-]. The van der Waals surface area contributed by atoms with Gasteiger partial charge in [0.1, 0.15) is 24.4 Å². The van der Waals surface area contributed by atoms with E-state index in [-0.39, 0.29) is 95.4 Å². The van der Waals surface area contributed by atoms with Gasteiger partial charge in [-0.15, -0.1) is 0 Å². The van der Waals surface area contributed by atoms with E-state index >= 15 is 0 Å². The number of phosphoric acid groups is 1. The summed E-state index contributed by atoms with van der Waals surface area (Å²) in [5.41, 5.74) is 24.9. The molecule has 0 saturated carbocycles. The fraction of sp³-hybridized carbons (Fsp3) is 0.647. The van der Waals surface area contributed by atoms with E-state index in [0.29, 0.717) is 68.6 Å². The number of thioether (sulfide) groups is 1. The van der Waals surface area contributed by atoms with Gasteiger partial charge in [-0.05, 0) is 145 Å². The Labute approximate surface area is 586 Å². The van der Waals surface area contributed by atoms with Crippen molar-refractivity contribution in [1.29, 1.82) is 10.8 Å². The first-order valence-corrected chi connectivity index (χ1v) is 36.5. The number of hydrogen-bond donors (Lipinski definition) is 13. The number of carbonyl (C=O) groups excluding carboxylic acids is 5. The number of carbonyl (C=O) groups is 6. The number of aliphatic hydroxyl groups excluding tert-OH is 2. The molecular formula is C68H99N14O16PS-2. The number of carboxylic acids is 1. The monoisotopic (exact) mass is 1430 g/mol. The molecule has 32 heteroatoms. The highest BCUT2D eigenvalue weighted by atomic mass is 32.2. The van der Waals surface area contributed by atoms with Gasteiger partial charge in [-0.3, -0.25) is 52.8 Å². The molecule has 30 nitrogen and oxygen atoms in total. The second-order valence-corrected chi connectivity index (χ2v) is 31.8. The fourth-order valence-corrected chi connectivity index (χ4v) is 18.2. The molecule has 550 valence electrons. The normalized spacial score (nSPS) is 32.2. The maximum Gasteiger partial charge on any atom is 0.472 e. The van der Waals surface area contributed by atoms with Crippen molar-refractivity contribution >= 4 is 95.1 Å². The number of aromatic nitrogens is 2. The maximum absolute atomic E-state index is 14.5. The first-order chi connectivity index (χ1) is 46.6. The number of aliphatic carboxylic acids is 1. The number of nitrogens with zero attached hydrogens (tertiary/aromatic N) is 5. The van der Waals surface area contributed by atoms with Crippen LogP contribution in [0.15, 0.2) is 67.8 Å². The molecule has 8 rings (SSSR count). The van der Waals surface area contributed by atoms with Crippen LogP contribution in [0.4, 0.5) is 0 Å². The molecule has 0 spiro atoms. The van der Waals surface area contributed by atoms with Gasteiger partial charge >= 0.3 is 13.8 Å². The van der Waals surface area contributed by atoms with Crippen molar-refractivity contribution in [2.45, 2.75) is 201 Å². The highest BCUT2D eigenvalue weighted by Gasteiger charge is 2.66. The number of phosphoric ester groups is 1. The number of nitrogens with two attached hydrogens (primary N) is 4. The van der Waals surface area contributed by atoms with Crippen molar-refractivity contribution in [2.75, 3.05) is 31.2 Å². The zero-order chi connectivity index (χ0) is 74.1. The van der Waals surface area contributed by atoms with E-state index in [0.717, 1.165) is 11.1 Å². The number of allylic oxidation sites excluding steroid dienone is 6. The highest BCUT2D eigenvalue weighted by molar-refractivity contribution is 7.99. The number of amides is 5. The number of carboxylic acid groups (broad SMARTS) is 1. The van der Waals surface area contributed by atoms with Crippen LogP contribution in [0.2, 0.25) is 0 Å². The lowest BCUT2D eigenvalue weighted by Gasteiger charge is -2.48. The molecule has 17 N–H and O–H groups in total. The predicted molar refractivity (Wildman–Crippen MR) is 372 cm³/mol. The topological polar surface area (TPSA) is 517 Å². The van der Waals surface area contributed by atoms with E-state index < -0.39 is 149 Å². The number of nitrogens with one attached hydrogen (secondary N) is 5. The van der Waals surface area contributed by atoms with Crippen molar-refractivity contribution in [1.82, 2.24) is 25.5 Å². The quantitative estimate of drug-likeness (QED) is 0.0211. The number of hydrogen-bond acceptors (Lipinski definition) is 23. The smallest absolute Gasteiger partial charge is 0.472 e. The molecule has 100 heavy (non-hydrogen) atoms. The van der Waals surface area contributed by atoms with Crippen LogP contribution in [0.25, 0.3) is 11.0 Å². The number of aryl methyl sites for hydroxylation is 2. The summed E-state index contributed by atoms with van der Waals surface area (Å²) in [6.07, 6.45) is -4.57. The first kappa shape index (κ1) is 78.5. The standard InChI is InChI=1S/C68H101N14O16PS/c1-33-23-44-45(24-34(33)2)82(32-77-44)62-57(91)58(46(30-83)96-62)98-99(94,95)97-35(3)29-76-54(90)19-20-65(8)41(25-50(72)86)61-68(11)67(10,28-52(74)88)40(15-18-53(89)75-21-12-22-100-31-42(69)63(92)93)56(81-68)37(5)60-66(9,27-51(73)87)38(13-16-48(70)84)43(78-60)26-47-64(6,7)39(14-17-49(71)85)55(79-47)36(4)59(65)80-61/h23-24,26,32,35,38-42,46,57-58,61-62,78,83,91H,12-22,25,27-31,69H2,1-11H3,(H2,70,84)(H2,71,85)(H2,72,86)(H2,73,87)(H2,74,88)(H,75,89)(H,76,90)(H,92,93)(H,94,95)/p-2/b43-26-,55-36-,60-37-/t35-,38-,39-,40-,41+,42+,46+,57-,58-,61-,62+,65-,66+,67+,68-/m1/s1. The molecule has 2 saturated heterocycles. The number of aliphatic imine (C=N–C) groups is 3. The van der Waals surface area contributed by atoms with Crippen LogP contribution in [-0.2, 0) is 47.1 Å². The molecule has 0 aliphatic carbocycles. The molecule has 1 aromatic carbocycles. The summed E-state index contributed by atoms with van der Waals surface area (Å²) in [5, 5.41) is 82.0. The average Bonchev–Trinajstić information content (AvgIpc) is 1.53. The summed E-state index contributed by atoms with van der Waals surface area (Å²) in [4.78, 5) is 114. The molecule has 2 aromatic rings. The second kappa shape index (κ2) is 30.8. The minimum atomic E-state index is -5.10. The second-order valence-electron chi connectivity index (χ2n) is 29.3. The van der Waals surface area contributed by atoms with Crippen molar-refractivity contribution in [2.24, 2.45) is 83.2 Å². The van der Waals surface area contributed by atoms with E-state index in [1.807, 2.05) is 73.6 Å². The number of benzene rings is 1. The summed E-state index contributed by atoms with van der Waals surface area (Å²) in [6.45, 7) is 19.3. The largest absolute Gasteiger partial charge is 0.862 e. The molecular weight excluding hydrogens is 1330 g/mol. The third-order valence-electron chi connectivity index (χ3n) is 21.9. The number of primary amides is 3. The number of ether oxygens (including phenoxy) is 1. The molecule has 2 fully saturated rings. The zero-order valence-electron chi connectivity index (χ0n) is 58.8. The van der Waals surface area contributed by atoms with Crippen LogP contribution in [0.3, 0.4) is 0 Å². The Morgan fingerprint density at radius 2 is 1.50 bits per heavy atom. The number of aliphatic hydroxyl groups is 2. The van der Waals surface area contributed by atoms with Gasteiger partial charge in [-0.25, -0.2) is 9.55 Å². The van der Waals surface area contributed by atoms with Crippen molar-refractivity contribution in [3.8, 4) is 0 Å². The Bertz CT molecular complexity index is 3830. The van der Waals surface area contributed by atoms with Crippen LogP contribution in [0, 0.1) is 70.0 Å². The number of imidazole rings is 1. The van der Waals surface area contributed by atoms with Crippen LogP contribution in [0.5, 0.6) is 0 Å². The summed E-state index contributed by atoms with van der Waals surface area (Å²) in [5.74, 6) is -8.29. The minimum absolute atomic E-state index is 0.0509. The van der Waals surface area contributed by atoms with Gasteiger partial charge in [-0.2, -0.15) is 11.8 Å². The van der Waals surface area contributed by atoms with Gasteiger partial charge in [0, 0.05) is 131 Å². The van der Waals surface area contributed by atoms with Gasteiger partial charge in [0.2, 0.25) is 29.5 Å². The van der Waals surface area contributed by atoms with E-state index in [2.05, 4.69) is 20.9 Å². The Balaban J connectivity index is 1.19. The van der Waals surface area contributed by atoms with E-state index in [1.54, 1.807) is 18.4 Å². The number of fused-ring (bicyclic) bond motifs is 7. The van der Waals surface area contributed by atoms with Crippen LogP contribution in [0.1, 0.15) is 157 Å². The third kappa shape index (κ3) is 16.2. The Morgan fingerprint density at radius 1 is 0.870 bits per heavy atom. The van der Waals surface area contributed by atoms with E-state index in [1.165, 1.54) is 25.0 Å². The summed E-state index contributed by atoms with van der Waals surface area (Å²) in [7, 11) is -5.10. The number of rotatable bonds is 33.